The molecular weight excluding hydrogens is 545 g/mol. The Morgan fingerprint density at radius 3 is 1.93 bits per heavy atom. The molecule has 0 amide bonds. The zero-order valence-electron chi connectivity index (χ0n) is 24.3. The lowest BCUT2D eigenvalue weighted by Gasteiger charge is -2.46. The first kappa shape index (κ1) is 29.8. The summed E-state index contributed by atoms with van der Waals surface area (Å²) in [4.78, 5) is 9.81. The summed E-state index contributed by atoms with van der Waals surface area (Å²) < 4.78 is 0. The minimum absolute atomic E-state index is 0.142. The maximum atomic E-state index is 6.36. The molecule has 5 heteroatoms. The van der Waals surface area contributed by atoms with Crippen molar-refractivity contribution in [2.24, 2.45) is 0 Å². The van der Waals surface area contributed by atoms with Gasteiger partial charge in [-0.05, 0) is 105 Å². The highest BCUT2D eigenvalue weighted by molar-refractivity contribution is 6.30. The molecular formula is C36H41Cl2N3. The molecule has 3 nitrogen and oxygen atoms in total. The molecule has 1 aromatic heterocycles. The zero-order chi connectivity index (χ0) is 28.7. The van der Waals surface area contributed by atoms with Gasteiger partial charge in [-0.1, -0.05) is 97.7 Å². The Labute approximate surface area is 256 Å². The van der Waals surface area contributed by atoms with Crippen molar-refractivity contribution < 1.29 is 0 Å². The van der Waals surface area contributed by atoms with Gasteiger partial charge in [0.2, 0.25) is 0 Å². The number of pyridine rings is 1. The van der Waals surface area contributed by atoms with Crippen LogP contribution in [0.15, 0.2) is 103 Å². The van der Waals surface area contributed by atoms with Crippen molar-refractivity contribution in [1.82, 2.24) is 14.8 Å². The van der Waals surface area contributed by atoms with E-state index in [2.05, 4.69) is 107 Å². The number of halogens is 2. The molecule has 1 atom stereocenters. The topological polar surface area (TPSA) is 19.4 Å². The molecule has 0 radical (unpaired) electrons. The predicted octanol–water partition coefficient (Wildman–Crippen LogP) is 8.49. The number of hydrogen-bond donors (Lipinski definition) is 0. The highest BCUT2D eigenvalue weighted by Gasteiger charge is 2.40. The minimum atomic E-state index is -0.327. The lowest BCUT2D eigenvalue weighted by atomic mass is 9.67. The van der Waals surface area contributed by atoms with Gasteiger partial charge in [-0.25, -0.2) is 0 Å². The van der Waals surface area contributed by atoms with Crippen LogP contribution in [0.4, 0.5) is 0 Å². The van der Waals surface area contributed by atoms with Gasteiger partial charge in [0.1, 0.15) is 0 Å². The van der Waals surface area contributed by atoms with E-state index in [0.717, 1.165) is 68.6 Å². The Bertz CT molecular complexity index is 1310. The normalized spacial score (nSPS) is 16.9. The number of aromatic nitrogens is 1. The number of nitrogens with zero attached hydrogens (tertiary/aromatic N) is 3. The van der Waals surface area contributed by atoms with Crippen LogP contribution in [-0.2, 0) is 10.8 Å². The summed E-state index contributed by atoms with van der Waals surface area (Å²) in [6.07, 6.45) is 7.12. The van der Waals surface area contributed by atoms with Crippen molar-refractivity contribution in [3.05, 3.63) is 136 Å². The third-order valence-electron chi connectivity index (χ3n) is 9.25. The number of likely N-dealkylation sites (N-methyl/N-ethyl adjacent to an activating group) is 1. The van der Waals surface area contributed by atoms with Crippen LogP contribution in [0.2, 0.25) is 10.0 Å². The lowest BCUT2D eigenvalue weighted by Crippen LogP contribution is -2.49. The average molecular weight is 587 g/mol. The molecule has 3 aromatic carbocycles. The first-order chi connectivity index (χ1) is 20.0. The van der Waals surface area contributed by atoms with E-state index in [1.54, 1.807) is 0 Å². The van der Waals surface area contributed by atoms with Crippen LogP contribution in [-0.4, -0.2) is 54.1 Å². The standard InChI is InChI=1S/C36H41Cl2N3/c1-3-40(4-2)28-35(29-12-16-33(37)17-13-29)20-24-41(25-21-35)26-22-36(30-9-6-5-7-10-30,32-11-8-23-39-27-32)31-14-18-34(38)19-15-31/h5-19,23,27H,3-4,20-22,24-26,28H2,1-2H3. The molecule has 0 aliphatic carbocycles. The van der Waals surface area contributed by atoms with E-state index in [1.165, 1.54) is 22.3 Å². The van der Waals surface area contributed by atoms with Crippen LogP contribution < -0.4 is 0 Å². The quantitative estimate of drug-likeness (QED) is 0.176. The second kappa shape index (κ2) is 13.5. The maximum absolute atomic E-state index is 6.36. The van der Waals surface area contributed by atoms with Gasteiger partial charge in [0.25, 0.3) is 0 Å². The number of likely N-dealkylation sites (tertiary alicyclic amines) is 1. The fourth-order valence-corrected chi connectivity index (χ4v) is 7.00. The van der Waals surface area contributed by atoms with E-state index in [9.17, 15) is 0 Å². The molecule has 2 heterocycles. The van der Waals surface area contributed by atoms with Gasteiger partial charge < -0.3 is 9.80 Å². The summed E-state index contributed by atoms with van der Waals surface area (Å²) in [6, 6.07) is 32.2. The Kier molecular flexibility index (Phi) is 9.83. The summed E-state index contributed by atoms with van der Waals surface area (Å²) >= 11 is 12.7. The summed E-state index contributed by atoms with van der Waals surface area (Å²) in [5.41, 5.74) is 4.97. The SMILES string of the molecule is CCN(CC)CC1(c2ccc(Cl)cc2)CCN(CCC(c2ccccc2)(c2ccc(Cl)cc2)c2cccnc2)CC1. The molecule has 0 spiro atoms. The van der Waals surface area contributed by atoms with Gasteiger partial charge in [-0.2, -0.15) is 0 Å². The monoisotopic (exact) mass is 585 g/mol. The second-order valence-corrected chi connectivity index (χ2v) is 12.2. The fourth-order valence-electron chi connectivity index (χ4n) is 6.75. The number of hydrogen-bond acceptors (Lipinski definition) is 3. The third-order valence-corrected chi connectivity index (χ3v) is 9.76. The van der Waals surface area contributed by atoms with Crippen molar-refractivity contribution in [3.63, 3.8) is 0 Å². The van der Waals surface area contributed by atoms with E-state index >= 15 is 0 Å². The van der Waals surface area contributed by atoms with Crippen LogP contribution in [0.25, 0.3) is 0 Å². The number of piperidine rings is 1. The lowest BCUT2D eigenvalue weighted by molar-refractivity contribution is 0.116. The highest BCUT2D eigenvalue weighted by atomic mass is 35.5. The maximum Gasteiger partial charge on any atom is 0.0478 e. The van der Waals surface area contributed by atoms with Gasteiger partial charge in [-0.3, -0.25) is 4.98 Å². The molecule has 5 rings (SSSR count). The van der Waals surface area contributed by atoms with Crippen molar-refractivity contribution in [3.8, 4) is 0 Å². The van der Waals surface area contributed by atoms with Gasteiger partial charge in [0.05, 0.1) is 0 Å². The fraction of sp³-hybridized carbons (Fsp3) is 0.361. The molecule has 0 saturated carbocycles. The zero-order valence-corrected chi connectivity index (χ0v) is 25.8. The Morgan fingerprint density at radius 1 is 0.756 bits per heavy atom. The summed E-state index contributed by atoms with van der Waals surface area (Å²) in [6.45, 7) is 10.9. The van der Waals surface area contributed by atoms with Crippen LogP contribution in [0.3, 0.4) is 0 Å². The van der Waals surface area contributed by atoms with Crippen molar-refractivity contribution in [1.29, 1.82) is 0 Å². The molecule has 41 heavy (non-hydrogen) atoms. The highest BCUT2D eigenvalue weighted by Crippen LogP contribution is 2.43. The van der Waals surface area contributed by atoms with E-state index in [0.29, 0.717) is 0 Å². The van der Waals surface area contributed by atoms with Gasteiger partial charge >= 0.3 is 0 Å². The van der Waals surface area contributed by atoms with E-state index in [-0.39, 0.29) is 10.8 Å². The summed E-state index contributed by atoms with van der Waals surface area (Å²) in [5.74, 6) is 0. The number of benzene rings is 3. The van der Waals surface area contributed by atoms with Crippen molar-refractivity contribution in [2.45, 2.75) is 43.9 Å². The molecule has 214 valence electrons. The Morgan fingerprint density at radius 2 is 1.34 bits per heavy atom. The third kappa shape index (κ3) is 6.54. The van der Waals surface area contributed by atoms with Crippen molar-refractivity contribution in [2.75, 3.05) is 39.3 Å². The number of rotatable bonds is 11. The molecule has 1 fully saturated rings. The van der Waals surface area contributed by atoms with Crippen LogP contribution >= 0.6 is 23.2 Å². The Hall–Kier alpha value is -2.69. The van der Waals surface area contributed by atoms with Crippen LogP contribution in [0.1, 0.15) is 55.4 Å². The van der Waals surface area contributed by atoms with Crippen molar-refractivity contribution >= 4 is 23.2 Å². The molecule has 0 N–H and O–H groups in total. The first-order valence-corrected chi connectivity index (χ1v) is 15.7. The van der Waals surface area contributed by atoms with E-state index in [1.807, 2.05) is 24.5 Å². The van der Waals surface area contributed by atoms with Crippen LogP contribution in [0, 0.1) is 0 Å². The van der Waals surface area contributed by atoms with Gasteiger partial charge in [0, 0.05) is 39.8 Å². The Balaban J connectivity index is 1.44. The predicted molar refractivity (Wildman–Crippen MR) is 173 cm³/mol. The van der Waals surface area contributed by atoms with Gasteiger partial charge in [-0.15, -0.1) is 0 Å². The van der Waals surface area contributed by atoms with E-state index < -0.39 is 0 Å². The molecule has 1 aliphatic rings. The first-order valence-electron chi connectivity index (χ1n) is 14.9. The summed E-state index contributed by atoms with van der Waals surface area (Å²) in [5, 5.41) is 1.56. The molecule has 1 aliphatic heterocycles. The molecule has 4 aromatic rings. The van der Waals surface area contributed by atoms with Crippen LogP contribution in [0.5, 0.6) is 0 Å². The molecule has 1 unspecified atom stereocenters. The molecule has 0 bridgehead atoms. The second-order valence-electron chi connectivity index (χ2n) is 11.4. The minimum Gasteiger partial charge on any atom is -0.303 e. The molecule has 1 saturated heterocycles. The largest absolute Gasteiger partial charge is 0.303 e. The average Bonchev–Trinajstić information content (AvgIpc) is 3.03. The summed E-state index contributed by atoms with van der Waals surface area (Å²) in [7, 11) is 0. The van der Waals surface area contributed by atoms with E-state index in [4.69, 9.17) is 23.2 Å². The smallest absolute Gasteiger partial charge is 0.0478 e. The van der Waals surface area contributed by atoms with Gasteiger partial charge in [0.15, 0.2) is 0 Å².